The van der Waals surface area contributed by atoms with Crippen LogP contribution in [0.15, 0.2) is 0 Å². The van der Waals surface area contributed by atoms with Crippen molar-refractivity contribution in [2.75, 3.05) is 39.3 Å². The summed E-state index contributed by atoms with van der Waals surface area (Å²) in [6.07, 6.45) is 1.96. The molecular formula is C13H25N3O. The first kappa shape index (κ1) is 12.8. The highest BCUT2D eigenvalue weighted by Gasteiger charge is 2.49. The van der Waals surface area contributed by atoms with Crippen molar-refractivity contribution in [3.8, 4) is 0 Å². The van der Waals surface area contributed by atoms with Crippen molar-refractivity contribution in [2.24, 2.45) is 17.1 Å². The lowest BCUT2D eigenvalue weighted by Gasteiger charge is -2.48. The van der Waals surface area contributed by atoms with Crippen LogP contribution in [0.25, 0.3) is 0 Å². The van der Waals surface area contributed by atoms with Gasteiger partial charge in [0.2, 0.25) is 5.91 Å². The predicted molar refractivity (Wildman–Crippen MR) is 68.6 cm³/mol. The Morgan fingerprint density at radius 2 is 1.88 bits per heavy atom. The summed E-state index contributed by atoms with van der Waals surface area (Å²) in [6.45, 7) is 9.76. The first-order valence-corrected chi connectivity index (χ1v) is 6.83. The number of piperazine rings is 1. The third-order valence-electron chi connectivity index (χ3n) is 4.43. The van der Waals surface area contributed by atoms with Crippen LogP contribution in [0, 0.1) is 11.3 Å². The van der Waals surface area contributed by atoms with Gasteiger partial charge in [0.25, 0.3) is 0 Å². The van der Waals surface area contributed by atoms with E-state index < -0.39 is 0 Å². The normalized spacial score (nSPS) is 34.5. The number of likely N-dealkylation sites (N-methyl/N-ethyl adjacent to an activating group) is 1. The van der Waals surface area contributed by atoms with Gasteiger partial charge in [-0.15, -0.1) is 0 Å². The molecule has 17 heavy (non-hydrogen) atoms. The molecule has 0 radical (unpaired) electrons. The SMILES string of the molecule is CCN1CCN(C(=O)C2(CN)CC(C)C2)CC1. The van der Waals surface area contributed by atoms with Crippen molar-refractivity contribution in [3.63, 3.8) is 0 Å². The number of nitrogens with two attached hydrogens (primary N) is 1. The van der Waals surface area contributed by atoms with Gasteiger partial charge in [-0.25, -0.2) is 0 Å². The standard InChI is InChI=1S/C13H25N3O/c1-3-15-4-6-16(7-5-15)12(17)13(10-14)8-11(2)9-13/h11H,3-10,14H2,1-2H3. The Balaban J connectivity index is 1.92. The molecule has 2 aliphatic rings. The molecule has 0 unspecified atom stereocenters. The zero-order chi connectivity index (χ0) is 12.5. The average molecular weight is 239 g/mol. The molecule has 0 bridgehead atoms. The topological polar surface area (TPSA) is 49.6 Å². The van der Waals surface area contributed by atoms with E-state index in [9.17, 15) is 4.79 Å². The van der Waals surface area contributed by atoms with Gasteiger partial charge in [0, 0.05) is 32.7 Å². The third-order valence-corrected chi connectivity index (χ3v) is 4.43. The van der Waals surface area contributed by atoms with Crippen molar-refractivity contribution in [1.29, 1.82) is 0 Å². The average Bonchev–Trinajstić information content (AvgIpc) is 2.34. The molecular weight excluding hydrogens is 214 g/mol. The summed E-state index contributed by atoms with van der Waals surface area (Å²) in [6, 6.07) is 0. The van der Waals surface area contributed by atoms with Crippen molar-refractivity contribution in [2.45, 2.75) is 26.7 Å². The Morgan fingerprint density at radius 1 is 1.29 bits per heavy atom. The zero-order valence-corrected chi connectivity index (χ0v) is 11.1. The van der Waals surface area contributed by atoms with Gasteiger partial charge in [-0.2, -0.15) is 0 Å². The van der Waals surface area contributed by atoms with Gasteiger partial charge < -0.3 is 15.5 Å². The van der Waals surface area contributed by atoms with Crippen LogP contribution in [-0.4, -0.2) is 55.0 Å². The third kappa shape index (κ3) is 2.33. The van der Waals surface area contributed by atoms with E-state index in [2.05, 4.69) is 18.7 Å². The molecule has 0 aromatic rings. The van der Waals surface area contributed by atoms with Crippen molar-refractivity contribution < 1.29 is 4.79 Å². The van der Waals surface area contributed by atoms with E-state index in [1.54, 1.807) is 0 Å². The second-order valence-corrected chi connectivity index (χ2v) is 5.72. The second kappa shape index (κ2) is 4.94. The number of carbonyl (C=O) groups excluding carboxylic acids is 1. The van der Waals surface area contributed by atoms with Gasteiger partial charge in [-0.3, -0.25) is 4.79 Å². The molecule has 2 N–H and O–H groups in total. The van der Waals surface area contributed by atoms with Gasteiger partial charge in [-0.05, 0) is 25.3 Å². The van der Waals surface area contributed by atoms with Crippen molar-refractivity contribution >= 4 is 5.91 Å². The van der Waals surface area contributed by atoms with E-state index in [1.807, 2.05) is 4.90 Å². The molecule has 1 heterocycles. The Kier molecular flexibility index (Phi) is 3.73. The van der Waals surface area contributed by atoms with Crippen LogP contribution in [0.5, 0.6) is 0 Å². The Labute approximate surface area is 104 Å². The number of nitrogens with zero attached hydrogens (tertiary/aromatic N) is 2. The summed E-state index contributed by atoms with van der Waals surface area (Å²) in [5.41, 5.74) is 5.62. The molecule has 0 aromatic carbocycles. The Morgan fingerprint density at radius 3 is 2.29 bits per heavy atom. The highest BCUT2D eigenvalue weighted by atomic mass is 16.2. The van der Waals surface area contributed by atoms with Gasteiger partial charge in [0.1, 0.15) is 0 Å². The van der Waals surface area contributed by atoms with Crippen LogP contribution in [0.2, 0.25) is 0 Å². The lowest BCUT2D eigenvalue weighted by molar-refractivity contribution is -0.151. The lowest BCUT2D eigenvalue weighted by atomic mass is 9.62. The molecule has 1 saturated heterocycles. The molecule has 4 heteroatoms. The summed E-state index contributed by atoms with van der Waals surface area (Å²) >= 11 is 0. The summed E-state index contributed by atoms with van der Waals surface area (Å²) in [5.74, 6) is 0.980. The van der Waals surface area contributed by atoms with Crippen LogP contribution in [0.3, 0.4) is 0 Å². The smallest absolute Gasteiger partial charge is 0.230 e. The highest BCUT2D eigenvalue weighted by molar-refractivity contribution is 5.84. The van der Waals surface area contributed by atoms with Crippen LogP contribution < -0.4 is 5.73 Å². The minimum Gasteiger partial charge on any atom is -0.340 e. The summed E-state index contributed by atoms with van der Waals surface area (Å²) in [4.78, 5) is 16.9. The minimum absolute atomic E-state index is 0.214. The molecule has 2 fully saturated rings. The fourth-order valence-electron chi connectivity index (χ4n) is 3.31. The number of hydrogen-bond acceptors (Lipinski definition) is 3. The number of amides is 1. The van der Waals surface area contributed by atoms with E-state index in [-0.39, 0.29) is 5.41 Å². The number of rotatable bonds is 3. The molecule has 1 saturated carbocycles. The molecule has 4 nitrogen and oxygen atoms in total. The molecule has 1 aliphatic heterocycles. The van der Waals surface area contributed by atoms with E-state index >= 15 is 0 Å². The van der Waals surface area contributed by atoms with E-state index in [1.165, 1.54) is 0 Å². The lowest BCUT2D eigenvalue weighted by Crippen LogP contribution is -2.58. The maximum Gasteiger partial charge on any atom is 0.230 e. The van der Waals surface area contributed by atoms with E-state index in [0.29, 0.717) is 18.4 Å². The van der Waals surface area contributed by atoms with Crippen LogP contribution in [-0.2, 0) is 4.79 Å². The summed E-state index contributed by atoms with van der Waals surface area (Å²) in [5, 5.41) is 0. The van der Waals surface area contributed by atoms with Gasteiger partial charge in [0.15, 0.2) is 0 Å². The van der Waals surface area contributed by atoms with Gasteiger partial charge >= 0.3 is 0 Å². The quantitative estimate of drug-likeness (QED) is 0.781. The number of hydrogen-bond donors (Lipinski definition) is 1. The molecule has 0 spiro atoms. The first-order chi connectivity index (χ1) is 8.11. The fraction of sp³-hybridized carbons (Fsp3) is 0.923. The molecule has 0 atom stereocenters. The number of carbonyl (C=O) groups is 1. The predicted octanol–water partition coefficient (Wildman–Crippen LogP) is 0.526. The monoisotopic (exact) mass is 239 g/mol. The largest absolute Gasteiger partial charge is 0.340 e. The molecule has 1 amide bonds. The van der Waals surface area contributed by atoms with E-state index in [0.717, 1.165) is 45.6 Å². The van der Waals surface area contributed by atoms with Gasteiger partial charge in [0.05, 0.1) is 5.41 Å². The van der Waals surface area contributed by atoms with Gasteiger partial charge in [-0.1, -0.05) is 13.8 Å². The summed E-state index contributed by atoms with van der Waals surface area (Å²) in [7, 11) is 0. The van der Waals surface area contributed by atoms with Crippen LogP contribution >= 0.6 is 0 Å². The second-order valence-electron chi connectivity index (χ2n) is 5.72. The Bertz CT molecular complexity index is 278. The van der Waals surface area contributed by atoms with Crippen LogP contribution in [0.4, 0.5) is 0 Å². The van der Waals surface area contributed by atoms with Crippen molar-refractivity contribution in [1.82, 2.24) is 9.80 Å². The molecule has 98 valence electrons. The minimum atomic E-state index is -0.214. The van der Waals surface area contributed by atoms with Crippen LogP contribution in [0.1, 0.15) is 26.7 Å². The zero-order valence-electron chi connectivity index (χ0n) is 11.1. The fourth-order valence-corrected chi connectivity index (χ4v) is 3.31. The summed E-state index contributed by atoms with van der Waals surface area (Å²) < 4.78 is 0. The molecule has 1 aliphatic carbocycles. The Hall–Kier alpha value is -0.610. The van der Waals surface area contributed by atoms with Crippen molar-refractivity contribution in [3.05, 3.63) is 0 Å². The van der Waals surface area contributed by atoms with E-state index in [4.69, 9.17) is 5.73 Å². The highest BCUT2D eigenvalue weighted by Crippen LogP contribution is 2.46. The molecule has 2 rings (SSSR count). The maximum atomic E-state index is 12.5. The first-order valence-electron chi connectivity index (χ1n) is 6.83. The molecule has 0 aromatic heterocycles. The maximum absolute atomic E-state index is 12.5.